The van der Waals surface area contributed by atoms with Crippen LogP contribution in [0.3, 0.4) is 0 Å². The minimum absolute atomic E-state index is 0.192. The van der Waals surface area contributed by atoms with E-state index in [-0.39, 0.29) is 18.3 Å². The standard InChI is InChI=1S/C10H12BrFN2O/c1-6-3-7(11)8(12)4-9(6)14-10(15)5-13-2/h3-4,13H,5H2,1-2H3,(H,14,15). The Morgan fingerprint density at radius 1 is 1.53 bits per heavy atom. The monoisotopic (exact) mass is 274 g/mol. The SMILES string of the molecule is CNCC(=O)Nc1cc(F)c(Br)cc1C. The van der Waals surface area contributed by atoms with Gasteiger partial charge in [0, 0.05) is 5.69 Å². The van der Waals surface area contributed by atoms with Crippen LogP contribution in [0.1, 0.15) is 5.56 Å². The average Bonchev–Trinajstić information content (AvgIpc) is 2.14. The highest BCUT2D eigenvalue weighted by Gasteiger charge is 2.07. The Kier molecular flexibility index (Phi) is 4.23. The third-order valence-electron chi connectivity index (χ3n) is 1.88. The van der Waals surface area contributed by atoms with Gasteiger partial charge in [-0.2, -0.15) is 0 Å². The van der Waals surface area contributed by atoms with Gasteiger partial charge in [-0.3, -0.25) is 4.79 Å². The summed E-state index contributed by atoms with van der Waals surface area (Å²) >= 11 is 3.08. The van der Waals surface area contributed by atoms with Crippen LogP contribution in [-0.2, 0) is 4.79 Å². The summed E-state index contributed by atoms with van der Waals surface area (Å²) in [4.78, 5) is 11.3. The molecule has 15 heavy (non-hydrogen) atoms. The van der Waals surface area contributed by atoms with Gasteiger partial charge >= 0.3 is 0 Å². The first-order valence-corrected chi connectivity index (χ1v) is 5.24. The molecule has 5 heteroatoms. The first-order chi connectivity index (χ1) is 7.04. The molecule has 0 aliphatic heterocycles. The van der Waals surface area contributed by atoms with Crippen LogP contribution in [0.2, 0.25) is 0 Å². The minimum Gasteiger partial charge on any atom is -0.325 e. The molecule has 0 saturated carbocycles. The zero-order chi connectivity index (χ0) is 11.4. The van der Waals surface area contributed by atoms with Gasteiger partial charge in [0.2, 0.25) is 5.91 Å². The van der Waals surface area contributed by atoms with Gasteiger partial charge in [-0.05, 0) is 47.6 Å². The van der Waals surface area contributed by atoms with Crippen LogP contribution in [0, 0.1) is 12.7 Å². The summed E-state index contributed by atoms with van der Waals surface area (Å²) in [6, 6.07) is 2.93. The number of carbonyl (C=O) groups is 1. The molecule has 0 aliphatic carbocycles. The van der Waals surface area contributed by atoms with Crippen molar-refractivity contribution < 1.29 is 9.18 Å². The highest BCUT2D eigenvalue weighted by atomic mass is 79.9. The number of likely N-dealkylation sites (N-methyl/N-ethyl adjacent to an activating group) is 1. The van der Waals surface area contributed by atoms with Crippen molar-refractivity contribution in [2.45, 2.75) is 6.92 Å². The third-order valence-corrected chi connectivity index (χ3v) is 2.49. The number of hydrogen-bond donors (Lipinski definition) is 2. The van der Waals surface area contributed by atoms with Gasteiger partial charge in [-0.1, -0.05) is 0 Å². The number of rotatable bonds is 3. The van der Waals surface area contributed by atoms with E-state index in [4.69, 9.17) is 0 Å². The molecule has 1 rings (SSSR count). The number of aryl methyl sites for hydroxylation is 1. The van der Waals surface area contributed by atoms with E-state index in [0.717, 1.165) is 5.56 Å². The van der Waals surface area contributed by atoms with Gasteiger partial charge in [-0.25, -0.2) is 4.39 Å². The molecule has 3 nitrogen and oxygen atoms in total. The summed E-state index contributed by atoms with van der Waals surface area (Å²) in [5, 5.41) is 5.34. The van der Waals surface area contributed by atoms with Crippen LogP contribution in [-0.4, -0.2) is 19.5 Å². The zero-order valence-electron chi connectivity index (χ0n) is 8.53. The molecular formula is C10H12BrFN2O. The summed E-state index contributed by atoms with van der Waals surface area (Å²) in [5.74, 6) is -0.581. The Morgan fingerprint density at radius 2 is 2.20 bits per heavy atom. The molecule has 0 aliphatic rings. The van der Waals surface area contributed by atoms with Crippen molar-refractivity contribution in [1.29, 1.82) is 0 Å². The Morgan fingerprint density at radius 3 is 2.80 bits per heavy atom. The molecule has 0 aromatic heterocycles. The Balaban J connectivity index is 2.86. The smallest absolute Gasteiger partial charge is 0.238 e. The van der Waals surface area contributed by atoms with Crippen LogP contribution in [0.5, 0.6) is 0 Å². The number of halogens is 2. The van der Waals surface area contributed by atoms with E-state index in [9.17, 15) is 9.18 Å². The second kappa shape index (κ2) is 5.23. The molecule has 0 saturated heterocycles. The van der Waals surface area contributed by atoms with Gasteiger partial charge < -0.3 is 10.6 Å². The van der Waals surface area contributed by atoms with Crippen molar-refractivity contribution in [2.24, 2.45) is 0 Å². The van der Waals surface area contributed by atoms with Crippen LogP contribution in [0.15, 0.2) is 16.6 Å². The van der Waals surface area contributed by atoms with Crippen LogP contribution in [0.4, 0.5) is 10.1 Å². The number of hydrogen-bond acceptors (Lipinski definition) is 2. The van der Waals surface area contributed by atoms with Gasteiger partial charge in [0.15, 0.2) is 0 Å². The number of carbonyl (C=O) groups excluding carboxylic acids is 1. The van der Waals surface area contributed by atoms with Gasteiger partial charge in [0.25, 0.3) is 0 Å². The molecular weight excluding hydrogens is 263 g/mol. The molecule has 0 bridgehead atoms. The van der Waals surface area contributed by atoms with E-state index < -0.39 is 0 Å². The van der Waals surface area contributed by atoms with Crippen molar-refractivity contribution in [3.8, 4) is 0 Å². The lowest BCUT2D eigenvalue weighted by Gasteiger charge is -2.09. The van der Waals surface area contributed by atoms with E-state index in [0.29, 0.717) is 10.2 Å². The fraction of sp³-hybridized carbons (Fsp3) is 0.300. The number of amides is 1. The van der Waals surface area contributed by atoms with Crippen molar-refractivity contribution in [2.75, 3.05) is 18.9 Å². The van der Waals surface area contributed by atoms with E-state index in [1.807, 2.05) is 0 Å². The number of nitrogens with one attached hydrogen (secondary N) is 2. The quantitative estimate of drug-likeness (QED) is 0.886. The topological polar surface area (TPSA) is 41.1 Å². The largest absolute Gasteiger partial charge is 0.325 e. The maximum atomic E-state index is 13.2. The Labute approximate surface area is 96.2 Å². The second-order valence-electron chi connectivity index (χ2n) is 3.16. The minimum atomic E-state index is -0.389. The van der Waals surface area contributed by atoms with Gasteiger partial charge in [0.05, 0.1) is 11.0 Å². The predicted molar refractivity (Wildman–Crippen MR) is 61.4 cm³/mol. The molecule has 1 amide bonds. The van der Waals surface area contributed by atoms with E-state index in [1.165, 1.54) is 6.07 Å². The molecule has 2 N–H and O–H groups in total. The average molecular weight is 275 g/mol. The summed E-state index contributed by atoms with van der Waals surface area (Å²) < 4.78 is 13.6. The molecule has 82 valence electrons. The molecule has 1 aromatic rings. The fourth-order valence-corrected chi connectivity index (χ4v) is 1.59. The van der Waals surface area contributed by atoms with E-state index in [2.05, 4.69) is 26.6 Å². The van der Waals surface area contributed by atoms with Crippen molar-refractivity contribution >= 4 is 27.5 Å². The number of anilines is 1. The maximum absolute atomic E-state index is 13.2. The van der Waals surface area contributed by atoms with Crippen molar-refractivity contribution in [1.82, 2.24) is 5.32 Å². The maximum Gasteiger partial charge on any atom is 0.238 e. The normalized spacial score (nSPS) is 10.1. The van der Waals surface area contributed by atoms with Crippen molar-refractivity contribution in [3.05, 3.63) is 28.0 Å². The molecule has 0 spiro atoms. The molecule has 0 fully saturated rings. The summed E-state index contributed by atoms with van der Waals surface area (Å²) in [5.41, 5.74) is 1.31. The second-order valence-corrected chi connectivity index (χ2v) is 4.01. The lowest BCUT2D eigenvalue weighted by Crippen LogP contribution is -2.25. The molecule has 0 unspecified atom stereocenters. The summed E-state index contributed by atoms with van der Waals surface area (Å²) in [6.45, 7) is 2.01. The third kappa shape index (κ3) is 3.28. The van der Waals surface area contributed by atoms with E-state index >= 15 is 0 Å². The highest BCUT2D eigenvalue weighted by molar-refractivity contribution is 9.10. The zero-order valence-corrected chi connectivity index (χ0v) is 10.1. The Hall–Kier alpha value is -0.940. The molecule has 0 atom stereocenters. The Bertz CT molecular complexity index is 382. The van der Waals surface area contributed by atoms with Crippen LogP contribution in [0.25, 0.3) is 0 Å². The fourth-order valence-electron chi connectivity index (χ4n) is 1.14. The molecule has 0 heterocycles. The summed E-state index contributed by atoms with van der Waals surface area (Å²) in [7, 11) is 1.68. The van der Waals surface area contributed by atoms with Crippen molar-refractivity contribution in [3.63, 3.8) is 0 Å². The highest BCUT2D eigenvalue weighted by Crippen LogP contribution is 2.23. The van der Waals surface area contributed by atoms with Gasteiger partial charge in [0.1, 0.15) is 5.82 Å². The predicted octanol–water partition coefficient (Wildman–Crippen LogP) is 2.05. The number of benzene rings is 1. The van der Waals surface area contributed by atoms with Crippen LogP contribution >= 0.6 is 15.9 Å². The molecule has 0 radical (unpaired) electrons. The lowest BCUT2D eigenvalue weighted by atomic mass is 10.2. The first kappa shape index (κ1) is 12.1. The summed E-state index contributed by atoms with van der Waals surface area (Å²) in [6.07, 6.45) is 0. The van der Waals surface area contributed by atoms with Crippen LogP contribution < -0.4 is 10.6 Å². The van der Waals surface area contributed by atoms with E-state index in [1.54, 1.807) is 20.0 Å². The first-order valence-electron chi connectivity index (χ1n) is 4.44. The molecule has 1 aromatic carbocycles. The van der Waals surface area contributed by atoms with Gasteiger partial charge in [-0.15, -0.1) is 0 Å². The lowest BCUT2D eigenvalue weighted by molar-refractivity contribution is -0.115.